The Hall–Kier alpha value is -1.61. The molecule has 3 rings (SSSR count). The first-order valence-corrected chi connectivity index (χ1v) is 7.69. The lowest BCUT2D eigenvalue weighted by atomic mass is 10.1. The average Bonchev–Trinajstić information content (AvgIpc) is 3.15. The first-order chi connectivity index (χ1) is 9.86. The molecule has 3 nitrogen and oxygen atoms in total. The quantitative estimate of drug-likeness (QED) is 0.898. The molecule has 1 aromatic heterocycles. The summed E-state index contributed by atoms with van der Waals surface area (Å²) >= 11 is 0. The Bertz CT molecular complexity index is 532. The van der Waals surface area contributed by atoms with Crippen molar-refractivity contribution in [1.82, 2.24) is 15.1 Å². The second-order valence-electron chi connectivity index (χ2n) is 5.69. The molecule has 1 aliphatic rings. The SMILES string of the molecule is CCCNC1CCC(n2cc(-c3ccccc3)cn2)C1. The van der Waals surface area contributed by atoms with E-state index in [0.717, 1.165) is 6.54 Å². The van der Waals surface area contributed by atoms with Crippen LogP contribution in [0, 0.1) is 0 Å². The Balaban J connectivity index is 1.66. The highest BCUT2D eigenvalue weighted by molar-refractivity contribution is 5.61. The van der Waals surface area contributed by atoms with Gasteiger partial charge in [0.2, 0.25) is 0 Å². The molecule has 2 unspecified atom stereocenters. The van der Waals surface area contributed by atoms with Gasteiger partial charge in [0, 0.05) is 17.8 Å². The smallest absolute Gasteiger partial charge is 0.0568 e. The molecule has 0 aliphatic heterocycles. The van der Waals surface area contributed by atoms with Crippen molar-refractivity contribution in [2.24, 2.45) is 0 Å². The zero-order chi connectivity index (χ0) is 13.8. The molecule has 0 radical (unpaired) electrons. The summed E-state index contributed by atoms with van der Waals surface area (Å²) in [6.07, 6.45) is 9.10. The molecule has 2 atom stereocenters. The Morgan fingerprint density at radius 2 is 2.05 bits per heavy atom. The number of benzene rings is 1. The maximum absolute atomic E-state index is 4.58. The molecule has 0 bridgehead atoms. The molecule has 2 aromatic rings. The van der Waals surface area contributed by atoms with Crippen molar-refractivity contribution in [3.8, 4) is 11.1 Å². The van der Waals surface area contributed by atoms with Crippen molar-refractivity contribution in [3.05, 3.63) is 42.7 Å². The van der Waals surface area contributed by atoms with Crippen LogP contribution in [-0.4, -0.2) is 22.4 Å². The Morgan fingerprint density at radius 1 is 1.20 bits per heavy atom. The minimum Gasteiger partial charge on any atom is -0.314 e. The normalized spacial score (nSPS) is 22.2. The summed E-state index contributed by atoms with van der Waals surface area (Å²) in [6, 6.07) is 11.7. The number of rotatable bonds is 5. The van der Waals surface area contributed by atoms with Gasteiger partial charge in [-0.15, -0.1) is 0 Å². The first kappa shape index (κ1) is 13.4. The molecule has 106 valence electrons. The molecular formula is C17H23N3. The van der Waals surface area contributed by atoms with Crippen LogP contribution in [-0.2, 0) is 0 Å². The van der Waals surface area contributed by atoms with Crippen LogP contribution in [0.1, 0.15) is 38.6 Å². The fourth-order valence-corrected chi connectivity index (χ4v) is 3.05. The number of hydrogen-bond donors (Lipinski definition) is 1. The van der Waals surface area contributed by atoms with E-state index < -0.39 is 0 Å². The predicted molar refractivity (Wildman–Crippen MR) is 82.6 cm³/mol. The van der Waals surface area contributed by atoms with Crippen LogP contribution in [0.2, 0.25) is 0 Å². The summed E-state index contributed by atoms with van der Waals surface area (Å²) < 4.78 is 2.16. The van der Waals surface area contributed by atoms with Crippen LogP contribution < -0.4 is 5.32 Å². The molecule has 1 aliphatic carbocycles. The lowest BCUT2D eigenvalue weighted by Crippen LogP contribution is -2.27. The number of hydrogen-bond acceptors (Lipinski definition) is 2. The zero-order valence-electron chi connectivity index (χ0n) is 12.1. The predicted octanol–water partition coefficient (Wildman–Crippen LogP) is 3.64. The molecule has 0 amide bonds. The first-order valence-electron chi connectivity index (χ1n) is 7.69. The molecule has 1 N–H and O–H groups in total. The number of aromatic nitrogens is 2. The van der Waals surface area contributed by atoms with Crippen LogP contribution in [0.25, 0.3) is 11.1 Å². The molecule has 3 heteroatoms. The van der Waals surface area contributed by atoms with E-state index in [-0.39, 0.29) is 0 Å². The zero-order valence-corrected chi connectivity index (χ0v) is 12.1. The van der Waals surface area contributed by atoms with Crippen LogP contribution in [0.4, 0.5) is 0 Å². The van der Waals surface area contributed by atoms with Gasteiger partial charge >= 0.3 is 0 Å². The molecule has 1 aromatic carbocycles. The average molecular weight is 269 g/mol. The molecule has 0 spiro atoms. The molecular weight excluding hydrogens is 246 g/mol. The Labute approximate surface area is 121 Å². The highest BCUT2D eigenvalue weighted by Crippen LogP contribution is 2.30. The highest BCUT2D eigenvalue weighted by atomic mass is 15.3. The fourth-order valence-electron chi connectivity index (χ4n) is 3.05. The van der Waals surface area contributed by atoms with E-state index in [4.69, 9.17) is 0 Å². The summed E-state index contributed by atoms with van der Waals surface area (Å²) in [4.78, 5) is 0. The lowest BCUT2D eigenvalue weighted by Gasteiger charge is -2.13. The molecule has 1 fully saturated rings. The van der Waals surface area contributed by atoms with Gasteiger partial charge in [0.15, 0.2) is 0 Å². The van der Waals surface area contributed by atoms with E-state index >= 15 is 0 Å². The third-order valence-corrected chi connectivity index (χ3v) is 4.17. The Morgan fingerprint density at radius 3 is 2.85 bits per heavy atom. The third-order valence-electron chi connectivity index (χ3n) is 4.17. The summed E-state index contributed by atoms with van der Waals surface area (Å²) in [7, 11) is 0. The minimum absolute atomic E-state index is 0.557. The monoisotopic (exact) mass is 269 g/mol. The summed E-state index contributed by atoms with van der Waals surface area (Å²) in [5.41, 5.74) is 2.47. The van der Waals surface area contributed by atoms with E-state index in [9.17, 15) is 0 Å². The van der Waals surface area contributed by atoms with Gasteiger partial charge in [-0.05, 0) is 37.8 Å². The van der Waals surface area contributed by atoms with Gasteiger partial charge in [-0.1, -0.05) is 37.3 Å². The topological polar surface area (TPSA) is 29.9 Å². The highest BCUT2D eigenvalue weighted by Gasteiger charge is 2.25. The van der Waals surface area contributed by atoms with Crippen molar-refractivity contribution in [3.63, 3.8) is 0 Å². The summed E-state index contributed by atoms with van der Waals surface area (Å²) in [5, 5.41) is 8.21. The maximum Gasteiger partial charge on any atom is 0.0568 e. The van der Waals surface area contributed by atoms with Gasteiger partial charge in [0.1, 0.15) is 0 Å². The third kappa shape index (κ3) is 2.93. The van der Waals surface area contributed by atoms with Gasteiger partial charge in [-0.3, -0.25) is 4.68 Å². The fraction of sp³-hybridized carbons (Fsp3) is 0.471. The van der Waals surface area contributed by atoms with E-state index in [1.807, 2.05) is 6.20 Å². The molecule has 0 saturated heterocycles. The largest absolute Gasteiger partial charge is 0.314 e. The van der Waals surface area contributed by atoms with Crippen LogP contribution >= 0.6 is 0 Å². The Kier molecular flexibility index (Phi) is 4.16. The summed E-state index contributed by atoms with van der Waals surface area (Å²) in [6.45, 7) is 3.35. The van der Waals surface area contributed by atoms with Crippen LogP contribution in [0.15, 0.2) is 42.7 Å². The minimum atomic E-state index is 0.557. The summed E-state index contributed by atoms with van der Waals surface area (Å²) in [5.74, 6) is 0. The van der Waals surface area contributed by atoms with Crippen molar-refractivity contribution >= 4 is 0 Å². The van der Waals surface area contributed by atoms with Crippen LogP contribution in [0.3, 0.4) is 0 Å². The van der Waals surface area contributed by atoms with Crippen LogP contribution in [0.5, 0.6) is 0 Å². The van der Waals surface area contributed by atoms with E-state index in [1.165, 1.54) is 36.8 Å². The van der Waals surface area contributed by atoms with Gasteiger partial charge in [-0.2, -0.15) is 5.10 Å². The lowest BCUT2D eigenvalue weighted by molar-refractivity contribution is 0.442. The number of nitrogens with zero attached hydrogens (tertiary/aromatic N) is 2. The standard InChI is InChI=1S/C17H23N3/c1-2-10-18-16-8-9-17(11-16)20-13-15(12-19-20)14-6-4-3-5-7-14/h3-7,12-13,16-18H,2,8-11H2,1H3. The van der Waals surface area contributed by atoms with Crippen molar-refractivity contribution in [2.45, 2.75) is 44.7 Å². The molecule has 20 heavy (non-hydrogen) atoms. The van der Waals surface area contributed by atoms with Gasteiger partial charge in [0.25, 0.3) is 0 Å². The van der Waals surface area contributed by atoms with E-state index in [1.54, 1.807) is 0 Å². The van der Waals surface area contributed by atoms with Gasteiger partial charge in [-0.25, -0.2) is 0 Å². The van der Waals surface area contributed by atoms with E-state index in [0.29, 0.717) is 12.1 Å². The molecule has 1 saturated carbocycles. The number of nitrogens with one attached hydrogen (secondary N) is 1. The van der Waals surface area contributed by atoms with Gasteiger partial charge in [0.05, 0.1) is 12.2 Å². The van der Waals surface area contributed by atoms with Crippen molar-refractivity contribution < 1.29 is 0 Å². The van der Waals surface area contributed by atoms with Crippen molar-refractivity contribution in [2.75, 3.05) is 6.54 Å². The molecule has 1 heterocycles. The van der Waals surface area contributed by atoms with Crippen molar-refractivity contribution in [1.29, 1.82) is 0 Å². The van der Waals surface area contributed by atoms with Gasteiger partial charge < -0.3 is 5.32 Å². The maximum atomic E-state index is 4.58. The second-order valence-corrected chi connectivity index (χ2v) is 5.69. The van der Waals surface area contributed by atoms with E-state index in [2.05, 4.69) is 58.5 Å². The second kappa shape index (κ2) is 6.23.